The largest absolute Gasteiger partial charge is 0.491 e. The van der Waals surface area contributed by atoms with Crippen LogP contribution in [-0.2, 0) is 4.74 Å². The summed E-state index contributed by atoms with van der Waals surface area (Å²) in [5, 5.41) is 10.6. The maximum absolute atomic E-state index is 12.0. The quantitative estimate of drug-likeness (QED) is 0.256. The summed E-state index contributed by atoms with van der Waals surface area (Å²) in [7, 11) is 1.58. The van der Waals surface area contributed by atoms with Crippen LogP contribution in [-0.4, -0.2) is 31.2 Å². The Bertz CT molecular complexity index is 666. The zero-order valence-electron chi connectivity index (χ0n) is 12.4. The molecule has 0 aliphatic carbocycles. The number of non-ortho nitro benzene ring substituents is 1. The lowest BCUT2D eigenvalue weighted by Crippen LogP contribution is -2.09. The third-order valence-corrected chi connectivity index (χ3v) is 2.90. The molecule has 0 unspecified atom stereocenters. The van der Waals surface area contributed by atoms with E-state index in [-0.39, 0.29) is 11.4 Å². The van der Waals surface area contributed by atoms with Crippen molar-refractivity contribution in [3.05, 3.63) is 64.2 Å². The van der Waals surface area contributed by atoms with Crippen molar-refractivity contribution < 1.29 is 23.9 Å². The highest BCUT2D eigenvalue weighted by atomic mass is 16.6. The predicted molar refractivity (Wildman–Crippen MR) is 81.9 cm³/mol. The van der Waals surface area contributed by atoms with Gasteiger partial charge < -0.3 is 14.2 Å². The third kappa shape index (κ3) is 4.79. The molecule has 0 saturated heterocycles. The second-order valence-electron chi connectivity index (χ2n) is 4.51. The molecule has 7 nitrogen and oxygen atoms in total. The second kappa shape index (κ2) is 7.90. The fourth-order valence-corrected chi connectivity index (χ4v) is 1.73. The first-order chi connectivity index (χ1) is 11.1. The van der Waals surface area contributed by atoms with Gasteiger partial charge in [0.2, 0.25) is 0 Å². The number of hydrogen-bond donors (Lipinski definition) is 0. The standard InChI is InChI=1S/C16H15NO6/c1-21-10-11-22-14-6-2-12(3-7-14)16(18)23-15-8-4-13(5-9-15)17(19)20/h2-9H,10-11H2,1H3. The molecule has 0 N–H and O–H groups in total. The molecule has 0 radical (unpaired) electrons. The van der Waals surface area contributed by atoms with Gasteiger partial charge in [-0.05, 0) is 36.4 Å². The number of carbonyl (C=O) groups is 1. The molecule has 0 aromatic heterocycles. The molecule has 2 rings (SSSR count). The maximum atomic E-state index is 12.0. The van der Waals surface area contributed by atoms with Gasteiger partial charge in [0.05, 0.1) is 17.1 Å². The van der Waals surface area contributed by atoms with E-state index in [1.54, 1.807) is 31.4 Å². The summed E-state index contributed by atoms with van der Waals surface area (Å²) >= 11 is 0. The highest BCUT2D eigenvalue weighted by Gasteiger charge is 2.10. The van der Waals surface area contributed by atoms with Crippen molar-refractivity contribution in [1.82, 2.24) is 0 Å². The van der Waals surface area contributed by atoms with E-state index in [2.05, 4.69) is 0 Å². The summed E-state index contributed by atoms with van der Waals surface area (Å²) in [6, 6.07) is 11.8. The van der Waals surface area contributed by atoms with Crippen molar-refractivity contribution >= 4 is 11.7 Å². The lowest BCUT2D eigenvalue weighted by Gasteiger charge is -2.07. The fourth-order valence-electron chi connectivity index (χ4n) is 1.73. The summed E-state index contributed by atoms with van der Waals surface area (Å²) in [6.45, 7) is 0.896. The number of hydrogen-bond acceptors (Lipinski definition) is 6. The van der Waals surface area contributed by atoms with Crippen molar-refractivity contribution in [1.29, 1.82) is 0 Å². The maximum Gasteiger partial charge on any atom is 0.343 e. The number of benzene rings is 2. The topological polar surface area (TPSA) is 87.9 Å². The van der Waals surface area contributed by atoms with Crippen LogP contribution in [0.1, 0.15) is 10.4 Å². The summed E-state index contributed by atoms with van der Waals surface area (Å²) in [5.74, 6) is 0.303. The summed E-state index contributed by atoms with van der Waals surface area (Å²) in [6.07, 6.45) is 0. The normalized spacial score (nSPS) is 10.1. The Labute approximate surface area is 132 Å². The summed E-state index contributed by atoms with van der Waals surface area (Å²) in [5.41, 5.74) is 0.282. The molecule has 0 atom stereocenters. The van der Waals surface area contributed by atoms with Crippen molar-refractivity contribution in [3.8, 4) is 11.5 Å². The Morgan fingerprint density at radius 3 is 2.17 bits per heavy atom. The van der Waals surface area contributed by atoms with Crippen LogP contribution in [0.15, 0.2) is 48.5 Å². The zero-order chi connectivity index (χ0) is 16.7. The van der Waals surface area contributed by atoms with E-state index in [1.165, 1.54) is 24.3 Å². The van der Waals surface area contributed by atoms with Gasteiger partial charge in [-0.25, -0.2) is 4.79 Å². The van der Waals surface area contributed by atoms with Crippen LogP contribution >= 0.6 is 0 Å². The van der Waals surface area contributed by atoms with Gasteiger partial charge >= 0.3 is 5.97 Å². The second-order valence-corrected chi connectivity index (χ2v) is 4.51. The minimum Gasteiger partial charge on any atom is -0.491 e. The van der Waals surface area contributed by atoms with Crippen LogP contribution < -0.4 is 9.47 Å². The van der Waals surface area contributed by atoms with Gasteiger partial charge in [0.25, 0.3) is 5.69 Å². The Kier molecular flexibility index (Phi) is 5.65. The average Bonchev–Trinajstić information content (AvgIpc) is 2.56. The Morgan fingerprint density at radius 2 is 1.61 bits per heavy atom. The van der Waals surface area contributed by atoms with Crippen LogP contribution in [0.5, 0.6) is 11.5 Å². The third-order valence-electron chi connectivity index (χ3n) is 2.90. The highest BCUT2D eigenvalue weighted by Crippen LogP contribution is 2.19. The van der Waals surface area contributed by atoms with E-state index >= 15 is 0 Å². The summed E-state index contributed by atoms with van der Waals surface area (Å²) < 4.78 is 15.4. The fraction of sp³-hybridized carbons (Fsp3) is 0.188. The van der Waals surface area contributed by atoms with Crippen LogP contribution in [0.3, 0.4) is 0 Å². The Morgan fingerprint density at radius 1 is 1.00 bits per heavy atom. The SMILES string of the molecule is COCCOc1ccc(C(=O)Oc2ccc([N+](=O)[O-])cc2)cc1. The molecule has 0 saturated carbocycles. The first-order valence-corrected chi connectivity index (χ1v) is 6.78. The van der Waals surface area contributed by atoms with Gasteiger partial charge in [-0.1, -0.05) is 0 Å². The smallest absolute Gasteiger partial charge is 0.343 e. The minimum atomic E-state index is -0.553. The van der Waals surface area contributed by atoms with E-state index in [4.69, 9.17) is 14.2 Å². The molecule has 0 bridgehead atoms. The molecule has 0 heterocycles. The average molecular weight is 317 g/mol. The van der Waals surface area contributed by atoms with Gasteiger partial charge in [-0.2, -0.15) is 0 Å². The first kappa shape index (κ1) is 16.4. The predicted octanol–water partition coefficient (Wildman–Crippen LogP) is 2.84. The number of ether oxygens (including phenoxy) is 3. The monoisotopic (exact) mass is 317 g/mol. The molecule has 2 aromatic rings. The molecular formula is C16H15NO6. The van der Waals surface area contributed by atoms with Crippen LogP contribution in [0, 0.1) is 10.1 Å². The van der Waals surface area contributed by atoms with Gasteiger partial charge in [-0.3, -0.25) is 10.1 Å². The van der Waals surface area contributed by atoms with E-state index in [9.17, 15) is 14.9 Å². The number of esters is 1. The molecular weight excluding hydrogens is 302 g/mol. The lowest BCUT2D eigenvalue weighted by molar-refractivity contribution is -0.384. The van der Waals surface area contributed by atoms with Gasteiger partial charge in [-0.15, -0.1) is 0 Å². The lowest BCUT2D eigenvalue weighted by atomic mass is 10.2. The minimum absolute atomic E-state index is 0.0673. The van der Waals surface area contributed by atoms with E-state index in [0.717, 1.165) is 0 Å². The number of nitro benzene ring substituents is 1. The van der Waals surface area contributed by atoms with Gasteiger partial charge in [0, 0.05) is 19.2 Å². The first-order valence-electron chi connectivity index (χ1n) is 6.78. The number of nitrogens with zero attached hydrogens (tertiary/aromatic N) is 1. The van der Waals surface area contributed by atoms with Crippen LogP contribution in [0.2, 0.25) is 0 Å². The molecule has 7 heteroatoms. The van der Waals surface area contributed by atoms with E-state index in [0.29, 0.717) is 24.5 Å². The van der Waals surface area contributed by atoms with Crippen LogP contribution in [0.25, 0.3) is 0 Å². The molecule has 0 aliphatic heterocycles. The Balaban J connectivity index is 1.96. The zero-order valence-corrected chi connectivity index (χ0v) is 12.4. The molecule has 0 amide bonds. The molecule has 2 aromatic carbocycles. The van der Waals surface area contributed by atoms with E-state index in [1.807, 2.05) is 0 Å². The molecule has 0 fully saturated rings. The Hall–Kier alpha value is -2.93. The van der Waals surface area contributed by atoms with Crippen molar-refractivity contribution in [2.75, 3.05) is 20.3 Å². The number of rotatable bonds is 7. The molecule has 0 aliphatic rings. The highest BCUT2D eigenvalue weighted by molar-refractivity contribution is 5.91. The van der Waals surface area contributed by atoms with Gasteiger partial charge in [0.15, 0.2) is 0 Å². The summed E-state index contributed by atoms with van der Waals surface area (Å²) in [4.78, 5) is 22.0. The van der Waals surface area contributed by atoms with Crippen molar-refractivity contribution in [2.24, 2.45) is 0 Å². The molecule has 120 valence electrons. The van der Waals surface area contributed by atoms with Gasteiger partial charge in [0.1, 0.15) is 18.1 Å². The van der Waals surface area contributed by atoms with E-state index < -0.39 is 10.9 Å². The number of methoxy groups -OCH3 is 1. The van der Waals surface area contributed by atoms with Crippen molar-refractivity contribution in [2.45, 2.75) is 0 Å². The number of carbonyl (C=O) groups excluding carboxylic acids is 1. The van der Waals surface area contributed by atoms with Crippen molar-refractivity contribution in [3.63, 3.8) is 0 Å². The molecule has 23 heavy (non-hydrogen) atoms. The van der Waals surface area contributed by atoms with Crippen LogP contribution in [0.4, 0.5) is 5.69 Å². The number of nitro groups is 1. The molecule has 0 spiro atoms.